The van der Waals surface area contributed by atoms with Gasteiger partial charge >= 0.3 is 5.97 Å². The van der Waals surface area contributed by atoms with Crippen LogP contribution in [0.2, 0.25) is 0 Å². The maximum atomic E-state index is 13.9. The molecule has 10 atom stereocenters. The number of nitrogens with zero attached hydrogens (tertiary/aromatic N) is 2. The summed E-state index contributed by atoms with van der Waals surface area (Å²) in [5.41, 5.74) is 27.6. The van der Waals surface area contributed by atoms with E-state index in [2.05, 4.69) is 90.4 Å². The summed E-state index contributed by atoms with van der Waals surface area (Å²) in [5, 5.41) is 29.7. The first-order valence-corrected chi connectivity index (χ1v) is 24.6. The third-order valence-corrected chi connectivity index (χ3v) is 11.8. The highest BCUT2D eigenvalue weighted by atomic mass is 32.1. The fourth-order valence-electron chi connectivity index (χ4n) is 6.22. The van der Waals surface area contributed by atoms with E-state index in [1.165, 1.54) is 0 Å². The number of nitrogens with one attached hydrogen (secondary N) is 8. The van der Waals surface area contributed by atoms with Gasteiger partial charge in [0.1, 0.15) is 42.3 Å². The number of guanidine groups is 2. The van der Waals surface area contributed by atoms with Gasteiger partial charge in [0.25, 0.3) is 0 Å². The van der Waals surface area contributed by atoms with E-state index >= 15 is 0 Å². The molecule has 0 rings (SSSR count). The first kappa shape index (κ1) is 63.8. The highest BCUT2D eigenvalue weighted by Crippen LogP contribution is 2.12. The number of carboxylic acids is 1. The molecule has 0 aromatic heterocycles. The van der Waals surface area contributed by atoms with Crippen LogP contribution in [-0.2, 0) is 43.2 Å². The van der Waals surface area contributed by atoms with Gasteiger partial charge in [-0.3, -0.25) is 48.3 Å². The standard InChI is InChI=1S/C41H77N15O10S3/c1-7-21(5)30(37(63)54-28(19-69)39(65)66)55-29(57)16-49-33(59)25(15-20(3)4)51-34(60)24(12-10-14-48-41(45)46)50-35(61)26(17-67)53-38(64)31(22(6)8-2)56-36(62)27(18-68)52-32(58)23(42)11-9-13-47-40(43)44/h20-28,30-31,67-69H,7-19,42H2,1-6H3,(H,49,59)(H,50,61)(H,51,60)(H,52,58)(H,53,64)(H,54,63)(H,55,57)(H,56,62)(H,65,66)(H4,43,44,47)(H4,45,46,48)/t21-,22-,23-,24-,25-,26-,27-,28-,30-,31-/m0/s1. The number of carbonyl (C=O) groups is 9. The number of rotatable bonds is 34. The lowest BCUT2D eigenvalue weighted by atomic mass is 9.97. The molecule has 0 aromatic rings. The van der Waals surface area contributed by atoms with Crippen LogP contribution in [0, 0.1) is 17.8 Å². The molecule has 8 amide bonds. The highest BCUT2D eigenvalue weighted by Gasteiger charge is 2.35. The number of aliphatic imine (C=N–C) groups is 2. The summed E-state index contributed by atoms with van der Waals surface area (Å²) in [6.45, 7) is 10.2. The molecule has 0 aliphatic carbocycles. The maximum Gasteiger partial charge on any atom is 0.327 e. The van der Waals surface area contributed by atoms with Crippen LogP contribution in [0.5, 0.6) is 0 Å². The zero-order valence-electron chi connectivity index (χ0n) is 40.3. The predicted octanol–water partition coefficient (Wildman–Crippen LogP) is -4.06. The van der Waals surface area contributed by atoms with E-state index in [9.17, 15) is 48.3 Å². The SMILES string of the molecule is CC[C@H](C)[C@H](NC(=O)CNC(=O)[C@H](CC(C)C)NC(=O)[C@H](CCCN=C(N)N)NC(=O)[C@H](CS)NC(=O)[C@@H](NC(=O)[C@H](CS)NC(=O)[C@@H](N)CCCN=C(N)N)[C@@H](C)CC)C(=O)N[C@@H](CS)C(=O)O. The summed E-state index contributed by atoms with van der Waals surface area (Å²) in [6, 6.07) is -9.73. The van der Waals surface area contributed by atoms with E-state index in [1.807, 2.05) is 0 Å². The Kier molecular flexibility index (Phi) is 31.6. The van der Waals surface area contributed by atoms with Gasteiger partial charge in [-0.1, -0.05) is 54.4 Å². The molecule has 0 radical (unpaired) electrons. The van der Waals surface area contributed by atoms with Gasteiger partial charge in [-0.15, -0.1) is 0 Å². The lowest BCUT2D eigenvalue weighted by Gasteiger charge is -2.29. The quantitative estimate of drug-likeness (QED) is 0.0126. The van der Waals surface area contributed by atoms with E-state index in [0.29, 0.717) is 19.3 Å². The normalized spacial score (nSPS) is 15.3. The van der Waals surface area contributed by atoms with E-state index in [-0.39, 0.29) is 73.9 Å². The molecular formula is C41H77N15O10S3. The number of aliphatic carboxylic acids is 1. The number of amides is 8. The Hall–Kier alpha value is -5.22. The summed E-state index contributed by atoms with van der Waals surface area (Å²) in [4.78, 5) is 127. The Morgan fingerprint density at radius 1 is 0.522 bits per heavy atom. The highest BCUT2D eigenvalue weighted by molar-refractivity contribution is 7.80. The largest absolute Gasteiger partial charge is 0.480 e. The maximum absolute atomic E-state index is 13.9. The van der Waals surface area contributed by atoms with Crippen molar-refractivity contribution in [1.82, 2.24) is 42.5 Å². The van der Waals surface area contributed by atoms with Crippen LogP contribution < -0.4 is 71.2 Å². The average Bonchev–Trinajstić information content (AvgIpc) is 3.29. The summed E-state index contributed by atoms with van der Waals surface area (Å²) < 4.78 is 0. The van der Waals surface area contributed by atoms with E-state index in [4.69, 9.17) is 28.7 Å². The molecule has 0 unspecified atom stereocenters. The third-order valence-electron chi connectivity index (χ3n) is 10.7. The molecule has 0 fully saturated rings. The van der Waals surface area contributed by atoms with Gasteiger partial charge < -0.3 is 76.3 Å². The molecule has 25 nitrogen and oxygen atoms in total. The summed E-state index contributed by atoms with van der Waals surface area (Å²) >= 11 is 12.4. The van der Waals surface area contributed by atoms with Gasteiger partial charge in [0, 0.05) is 30.3 Å². The predicted molar refractivity (Wildman–Crippen MR) is 272 cm³/mol. The first-order chi connectivity index (χ1) is 32.4. The van der Waals surface area contributed by atoms with E-state index < -0.39 is 120 Å². The molecule has 0 aromatic carbocycles. The smallest absolute Gasteiger partial charge is 0.327 e. The topological polar surface area (TPSA) is 425 Å². The van der Waals surface area contributed by atoms with Crippen molar-refractivity contribution in [3.8, 4) is 0 Å². The molecule has 0 aliphatic heterocycles. The molecule has 0 saturated carbocycles. The Bertz CT molecular complexity index is 1770. The Morgan fingerprint density at radius 2 is 0.928 bits per heavy atom. The molecule has 0 bridgehead atoms. The van der Waals surface area contributed by atoms with Crippen molar-refractivity contribution in [2.24, 2.45) is 56.4 Å². The minimum Gasteiger partial charge on any atom is -0.480 e. The van der Waals surface area contributed by atoms with Crippen LogP contribution in [0.15, 0.2) is 9.98 Å². The summed E-state index contributed by atoms with van der Waals surface area (Å²) in [5.74, 6) is -9.35. The van der Waals surface area contributed by atoms with Gasteiger partial charge in [-0.25, -0.2) is 4.79 Å². The number of hydrogen-bond donors (Lipinski definition) is 17. The van der Waals surface area contributed by atoms with Crippen molar-refractivity contribution in [3.63, 3.8) is 0 Å². The molecule has 0 spiro atoms. The number of carboxylic acid groups (broad SMARTS) is 1. The molecule has 28 heteroatoms. The molecule has 0 heterocycles. The average molecular weight is 1040 g/mol. The first-order valence-electron chi connectivity index (χ1n) is 22.7. The number of nitrogens with two attached hydrogens (primary N) is 5. The lowest BCUT2D eigenvalue weighted by Crippen LogP contribution is -2.61. The monoisotopic (exact) mass is 1040 g/mol. The van der Waals surface area contributed by atoms with Crippen LogP contribution in [-0.4, -0.2) is 155 Å². The van der Waals surface area contributed by atoms with Crippen molar-refractivity contribution < 1.29 is 48.3 Å². The second kappa shape index (κ2) is 34.1. The molecule has 0 saturated heterocycles. The number of carbonyl (C=O) groups excluding carboxylic acids is 8. The Labute approximate surface area is 420 Å². The Morgan fingerprint density at radius 3 is 1.38 bits per heavy atom. The van der Waals surface area contributed by atoms with Crippen molar-refractivity contribution in [2.75, 3.05) is 36.9 Å². The fourth-order valence-corrected chi connectivity index (χ4v) is 6.98. The van der Waals surface area contributed by atoms with Crippen LogP contribution in [0.25, 0.3) is 0 Å². The van der Waals surface area contributed by atoms with Crippen LogP contribution in [0.1, 0.15) is 86.5 Å². The second-order valence-electron chi connectivity index (χ2n) is 16.8. The molecule has 394 valence electrons. The van der Waals surface area contributed by atoms with Crippen molar-refractivity contribution in [2.45, 2.75) is 135 Å². The second-order valence-corrected chi connectivity index (χ2v) is 17.9. The van der Waals surface area contributed by atoms with Crippen molar-refractivity contribution >= 4 is 103 Å². The zero-order chi connectivity index (χ0) is 53.0. The van der Waals surface area contributed by atoms with Gasteiger partial charge in [0.2, 0.25) is 47.3 Å². The van der Waals surface area contributed by atoms with Gasteiger partial charge in [0.15, 0.2) is 11.9 Å². The number of thiol groups is 3. The molecule has 69 heavy (non-hydrogen) atoms. The fraction of sp³-hybridized carbons (Fsp3) is 0.732. The number of hydrogen-bond acceptors (Lipinski definition) is 15. The summed E-state index contributed by atoms with van der Waals surface area (Å²) in [6.07, 6.45) is 1.67. The lowest BCUT2D eigenvalue weighted by molar-refractivity contribution is -0.141. The van der Waals surface area contributed by atoms with Gasteiger partial charge in [-0.2, -0.15) is 37.9 Å². The van der Waals surface area contributed by atoms with Gasteiger partial charge in [-0.05, 0) is 49.9 Å². The summed E-state index contributed by atoms with van der Waals surface area (Å²) in [7, 11) is 0. The molecule has 19 N–H and O–H groups in total. The third kappa shape index (κ3) is 25.3. The van der Waals surface area contributed by atoms with Crippen molar-refractivity contribution in [1.29, 1.82) is 0 Å². The van der Waals surface area contributed by atoms with Crippen molar-refractivity contribution in [3.05, 3.63) is 0 Å². The van der Waals surface area contributed by atoms with Crippen LogP contribution in [0.3, 0.4) is 0 Å². The zero-order valence-corrected chi connectivity index (χ0v) is 43.0. The van der Waals surface area contributed by atoms with Crippen LogP contribution >= 0.6 is 37.9 Å². The Balaban J connectivity index is 6.21. The molecule has 0 aliphatic rings. The minimum absolute atomic E-state index is 0.0443. The van der Waals surface area contributed by atoms with Crippen LogP contribution in [0.4, 0.5) is 0 Å². The van der Waals surface area contributed by atoms with E-state index in [0.717, 1.165) is 0 Å². The molecular weight excluding hydrogens is 959 g/mol. The van der Waals surface area contributed by atoms with Gasteiger partial charge in [0.05, 0.1) is 12.6 Å². The van der Waals surface area contributed by atoms with E-state index in [1.54, 1.807) is 41.5 Å². The minimum atomic E-state index is -1.35.